The van der Waals surface area contributed by atoms with E-state index in [-0.39, 0.29) is 5.91 Å². The van der Waals surface area contributed by atoms with Crippen molar-refractivity contribution in [2.75, 3.05) is 0 Å². The Labute approximate surface area is 127 Å². The monoisotopic (exact) mass is 299 g/mol. The Kier molecular flexibility index (Phi) is 4.13. The number of amides is 1. The van der Waals surface area contributed by atoms with Gasteiger partial charge < -0.3 is 4.42 Å². The molecule has 1 atom stereocenters. The molecule has 0 aliphatic heterocycles. The first-order valence-corrected chi connectivity index (χ1v) is 7.23. The first-order valence-electron chi connectivity index (χ1n) is 7.23. The lowest BCUT2D eigenvalue weighted by Crippen LogP contribution is -2.29. The summed E-state index contributed by atoms with van der Waals surface area (Å²) in [4.78, 5) is 12.2. The van der Waals surface area contributed by atoms with Crippen LogP contribution < -0.4 is 5.43 Å². The molecule has 1 unspecified atom stereocenters. The summed E-state index contributed by atoms with van der Waals surface area (Å²) in [5.41, 5.74) is 4.33. The molecule has 1 aliphatic carbocycles. The predicted octanol–water partition coefficient (Wildman–Crippen LogP) is 1.93. The summed E-state index contributed by atoms with van der Waals surface area (Å²) in [6.07, 6.45) is 9.96. The number of fused-ring (bicyclic) bond motifs is 1. The van der Waals surface area contributed by atoms with E-state index in [0.717, 1.165) is 30.7 Å². The first-order chi connectivity index (χ1) is 10.8. The third-order valence-electron chi connectivity index (χ3n) is 3.54. The fourth-order valence-electron chi connectivity index (χ4n) is 2.32. The molecule has 114 valence electrons. The number of hydrogen-bond donors (Lipinski definition) is 1. The number of rotatable bonds is 4. The second-order valence-corrected chi connectivity index (χ2v) is 5.09. The molecule has 1 aliphatic rings. The van der Waals surface area contributed by atoms with Gasteiger partial charge in [0.1, 0.15) is 17.5 Å². The van der Waals surface area contributed by atoms with E-state index in [1.54, 1.807) is 30.0 Å². The number of furan rings is 1. The van der Waals surface area contributed by atoms with E-state index in [9.17, 15) is 4.79 Å². The lowest BCUT2D eigenvalue weighted by Gasteiger charge is -2.12. The second kappa shape index (κ2) is 6.38. The summed E-state index contributed by atoms with van der Waals surface area (Å²) < 4.78 is 6.77. The molecule has 0 spiro atoms. The number of carbonyl (C=O) groups is 1. The highest BCUT2D eigenvalue weighted by Gasteiger charge is 2.21. The van der Waals surface area contributed by atoms with Gasteiger partial charge in [-0.15, -0.1) is 5.10 Å². The SMILES string of the molecule is CC(C(=O)N/N=C/c1ccco1)n1nnc2c1CCCC=C2. The van der Waals surface area contributed by atoms with Crippen molar-refractivity contribution in [3.05, 3.63) is 41.6 Å². The maximum Gasteiger partial charge on any atom is 0.264 e. The summed E-state index contributed by atoms with van der Waals surface area (Å²) in [6, 6.07) is 3.03. The molecule has 22 heavy (non-hydrogen) atoms. The average Bonchev–Trinajstić information content (AvgIpc) is 3.11. The molecule has 0 radical (unpaired) electrons. The maximum atomic E-state index is 12.2. The van der Waals surface area contributed by atoms with Crippen LogP contribution in [0.15, 0.2) is 34.0 Å². The zero-order valence-corrected chi connectivity index (χ0v) is 12.3. The van der Waals surface area contributed by atoms with E-state index in [1.807, 2.05) is 6.08 Å². The number of nitrogens with zero attached hydrogens (tertiary/aromatic N) is 4. The Morgan fingerprint density at radius 1 is 1.59 bits per heavy atom. The summed E-state index contributed by atoms with van der Waals surface area (Å²) in [5, 5.41) is 12.1. The van der Waals surface area contributed by atoms with E-state index in [1.165, 1.54) is 6.21 Å². The molecule has 0 fully saturated rings. The Morgan fingerprint density at radius 2 is 2.50 bits per heavy atom. The van der Waals surface area contributed by atoms with Crippen molar-refractivity contribution in [2.24, 2.45) is 5.10 Å². The summed E-state index contributed by atoms with van der Waals surface area (Å²) in [6.45, 7) is 1.78. The van der Waals surface area contributed by atoms with Gasteiger partial charge in [0, 0.05) is 0 Å². The smallest absolute Gasteiger partial charge is 0.264 e. The minimum Gasteiger partial charge on any atom is -0.463 e. The molecule has 0 bridgehead atoms. The van der Waals surface area contributed by atoms with E-state index < -0.39 is 6.04 Å². The Hall–Kier alpha value is -2.70. The quantitative estimate of drug-likeness (QED) is 0.690. The lowest BCUT2D eigenvalue weighted by atomic mass is 10.2. The number of allylic oxidation sites excluding steroid dienone is 1. The van der Waals surface area contributed by atoms with Crippen molar-refractivity contribution in [2.45, 2.75) is 32.2 Å². The van der Waals surface area contributed by atoms with Crippen LogP contribution in [0.5, 0.6) is 0 Å². The highest BCUT2D eigenvalue weighted by molar-refractivity contribution is 5.82. The Bertz CT molecular complexity index is 700. The molecular weight excluding hydrogens is 282 g/mol. The van der Waals surface area contributed by atoms with Crippen molar-refractivity contribution in [3.8, 4) is 0 Å². The van der Waals surface area contributed by atoms with Crippen LogP contribution in [0.4, 0.5) is 0 Å². The topological polar surface area (TPSA) is 85.3 Å². The molecule has 1 N–H and O–H groups in total. The van der Waals surface area contributed by atoms with Gasteiger partial charge in [-0.05, 0) is 44.4 Å². The van der Waals surface area contributed by atoms with E-state index in [4.69, 9.17) is 4.42 Å². The lowest BCUT2D eigenvalue weighted by molar-refractivity contribution is -0.124. The summed E-state index contributed by atoms with van der Waals surface area (Å²) >= 11 is 0. The van der Waals surface area contributed by atoms with Crippen LogP contribution in [0.2, 0.25) is 0 Å². The van der Waals surface area contributed by atoms with Crippen LogP contribution in [0.25, 0.3) is 6.08 Å². The van der Waals surface area contributed by atoms with Gasteiger partial charge in [-0.2, -0.15) is 5.10 Å². The molecule has 0 aromatic carbocycles. The third kappa shape index (κ3) is 2.98. The van der Waals surface area contributed by atoms with Gasteiger partial charge in [0.15, 0.2) is 0 Å². The number of nitrogens with one attached hydrogen (secondary N) is 1. The van der Waals surface area contributed by atoms with E-state index >= 15 is 0 Å². The van der Waals surface area contributed by atoms with Crippen LogP contribution >= 0.6 is 0 Å². The minimum atomic E-state index is -0.475. The van der Waals surface area contributed by atoms with Crippen molar-refractivity contribution in [1.29, 1.82) is 0 Å². The highest BCUT2D eigenvalue weighted by Crippen LogP contribution is 2.19. The fourth-order valence-corrected chi connectivity index (χ4v) is 2.32. The van der Waals surface area contributed by atoms with Gasteiger partial charge in [-0.3, -0.25) is 4.79 Å². The van der Waals surface area contributed by atoms with Crippen molar-refractivity contribution in [3.63, 3.8) is 0 Å². The Morgan fingerprint density at radius 3 is 3.32 bits per heavy atom. The van der Waals surface area contributed by atoms with Gasteiger partial charge in [-0.1, -0.05) is 11.3 Å². The van der Waals surface area contributed by atoms with Crippen LogP contribution in [0.1, 0.15) is 43.0 Å². The molecule has 0 saturated heterocycles. The molecule has 3 rings (SSSR count). The van der Waals surface area contributed by atoms with Gasteiger partial charge in [0.2, 0.25) is 0 Å². The zero-order chi connectivity index (χ0) is 15.4. The van der Waals surface area contributed by atoms with Gasteiger partial charge in [0.25, 0.3) is 5.91 Å². The number of hydrogen-bond acceptors (Lipinski definition) is 5. The standard InChI is InChI=1S/C15H17N5O2/c1-11(15(21)18-16-10-12-6-5-9-22-12)20-14-8-4-2-3-7-13(14)17-19-20/h3,5-7,9-11H,2,4,8H2,1H3,(H,18,21)/b16-10+. The number of aromatic nitrogens is 3. The fraction of sp³-hybridized carbons (Fsp3) is 0.333. The normalized spacial score (nSPS) is 15.5. The minimum absolute atomic E-state index is 0.247. The largest absolute Gasteiger partial charge is 0.463 e. The molecule has 2 heterocycles. The number of carbonyl (C=O) groups excluding carboxylic acids is 1. The predicted molar refractivity (Wildman–Crippen MR) is 81.1 cm³/mol. The first kappa shape index (κ1) is 14.2. The van der Waals surface area contributed by atoms with Crippen molar-refractivity contribution in [1.82, 2.24) is 20.4 Å². The molecule has 2 aromatic heterocycles. The molecule has 2 aromatic rings. The van der Waals surface area contributed by atoms with Gasteiger partial charge in [-0.25, -0.2) is 10.1 Å². The third-order valence-corrected chi connectivity index (χ3v) is 3.54. The maximum absolute atomic E-state index is 12.2. The van der Waals surface area contributed by atoms with Gasteiger partial charge >= 0.3 is 0 Å². The Balaban J connectivity index is 1.68. The molecule has 1 amide bonds. The highest BCUT2D eigenvalue weighted by atomic mass is 16.3. The van der Waals surface area contributed by atoms with Gasteiger partial charge in [0.05, 0.1) is 18.2 Å². The molecule has 7 nitrogen and oxygen atoms in total. The van der Waals surface area contributed by atoms with E-state index in [2.05, 4.69) is 26.9 Å². The molecule has 0 saturated carbocycles. The summed E-state index contributed by atoms with van der Waals surface area (Å²) in [7, 11) is 0. The number of hydrazone groups is 1. The molecular formula is C15H17N5O2. The van der Waals surface area contributed by atoms with Crippen LogP contribution in [0.3, 0.4) is 0 Å². The van der Waals surface area contributed by atoms with Crippen molar-refractivity contribution >= 4 is 18.2 Å². The van der Waals surface area contributed by atoms with Crippen molar-refractivity contribution < 1.29 is 9.21 Å². The zero-order valence-electron chi connectivity index (χ0n) is 12.3. The second-order valence-electron chi connectivity index (χ2n) is 5.09. The van der Waals surface area contributed by atoms with Crippen LogP contribution in [0, 0.1) is 0 Å². The van der Waals surface area contributed by atoms with E-state index in [0.29, 0.717) is 5.76 Å². The average molecular weight is 299 g/mol. The molecule has 7 heteroatoms. The van der Waals surface area contributed by atoms with Crippen LogP contribution in [-0.2, 0) is 11.2 Å². The van der Waals surface area contributed by atoms with Crippen LogP contribution in [-0.4, -0.2) is 27.1 Å². The summed E-state index contributed by atoms with van der Waals surface area (Å²) in [5.74, 6) is 0.330.